The lowest BCUT2D eigenvalue weighted by molar-refractivity contribution is 0.0633. The normalized spacial score (nSPS) is 16.5. The van der Waals surface area contributed by atoms with Crippen LogP contribution in [0.1, 0.15) is 29.0 Å². The van der Waals surface area contributed by atoms with Crippen LogP contribution in [0.2, 0.25) is 0 Å². The van der Waals surface area contributed by atoms with Crippen molar-refractivity contribution in [2.45, 2.75) is 32.4 Å². The zero-order chi connectivity index (χ0) is 17.1. The van der Waals surface area contributed by atoms with Crippen LogP contribution in [0, 0.1) is 6.92 Å². The average molecular weight is 330 g/mol. The van der Waals surface area contributed by atoms with Crippen LogP contribution < -0.4 is 0 Å². The lowest BCUT2D eigenvalue weighted by Gasteiger charge is -2.36. The molecule has 0 aromatic carbocycles. The third-order valence-electron chi connectivity index (χ3n) is 4.96. The minimum atomic E-state index is 0.0219. The third kappa shape index (κ3) is 3.67. The summed E-state index contributed by atoms with van der Waals surface area (Å²) in [5.41, 5.74) is 1.54. The molecule has 3 heterocycles. The Labute approximate surface area is 142 Å². The van der Waals surface area contributed by atoms with E-state index >= 15 is 0 Å². The number of nitrogens with zero attached hydrogens (tertiary/aromatic N) is 6. The summed E-state index contributed by atoms with van der Waals surface area (Å²) in [6.45, 7) is 5.92. The molecule has 0 bridgehead atoms. The van der Waals surface area contributed by atoms with Crippen molar-refractivity contribution >= 4 is 5.91 Å². The molecule has 1 aliphatic rings. The molecule has 1 saturated heterocycles. The van der Waals surface area contributed by atoms with E-state index in [0.29, 0.717) is 11.7 Å². The quantitative estimate of drug-likeness (QED) is 0.825. The summed E-state index contributed by atoms with van der Waals surface area (Å²) in [7, 11) is 3.76. The van der Waals surface area contributed by atoms with Crippen molar-refractivity contribution in [2.75, 3.05) is 26.7 Å². The topological polar surface area (TPSA) is 59.2 Å². The van der Waals surface area contributed by atoms with Gasteiger partial charge in [-0.3, -0.25) is 14.2 Å². The third-order valence-corrected chi connectivity index (χ3v) is 4.96. The molecule has 0 spiro atoms. The molecule has 1 fully saturated rings. The molecule has 0 saturated carbocycles. The molecule has 7 heteroatoms. The van der Waals surface area contributed by atoms with Crippen molar-refractivity contribution < 1.29 is 4.79 Å². The van der Waals surface area contributed by atoms with Gasteiger partial charge in [-0.1, -0.05) is 0 Å². The second kappa shape index (κ2) is 7.17. The zero-order valence-corrected chi connectivity index (χ0v) is 14.7. The molecular formula is C17H26N6O. The first kappa shape index (κ1) is 16.7. The van der Waals surface area contributed by atoms with Crippen LogP contribution in [0.5, 0.6) is 0 Å². The van der Waals surface area contributed by atoms with E-state index in [0.717, 1.165) is 44.7 Å². The minimum Gasteiger partial charge on any atom is -0.337 e. The smallest absolute Gasteiger partial charge is 0.274 e. The molecule has 2 aromatic rings. The van der Waals surface area contributed by atoms with Crippen LogP contribution in [-0.4, -0.2) is 68.0 Å². The van der Waals surface area contributed by atoms with Crippen LogP contribution in [0.3, 0.4) is 0 Å². The highest BCUT2D eigenvalue weighted by atomic mass is 16.2. The van der Waals surface area contributed by atoms with E-state index in [-0.39, 0.29) is 5.91 Å². The van der Waals surface area contributed by atoms with E-state index in [1.54, 1.807) is 4.68 Å². The summed E-state index contributed by atoms with van der Waals surface area (Å²) in [4.78, 5) is 16.9. The van der Waals surface area contributed by atoms with Gasteiger partial charge in [0.05, 0.1) is 6.54 Å². The van der Waals surface area contributed by atoms with E-state index in [1.807, 2.05) is 55.1 Å². The highest BCUT2D eigenvalue weighted by molar-refractivity contribution is 5.92. The number of hydrogen-bond donors (Lipinski definition) is 0. The SMILES string of the molecule is Cc1cc(C(=O)N(C)C2CCN(CCn3cccn3)CC2)nn1C. The summed E-state index contributed by atoms with van der Waals surface area (Å²) < 4.78 is 3.71. The minimum absolute atomic E-state index is 0.0219. The Morgan fingerprint density at radius 3 is 2.67 bits per heavy atom. The number of aryl methyl sites for hydroxylation is 2. The maximum Gasteiger partial charge on any atom is 0.274 e. The van der Waals surface area contributed by atoms with Gasteiger partial charge in [0.15, 0.2) is 5.69 Å². The Morgan fingerprint density at radius 1 is 1.33 bits per heavy atom. The van der Waals surface area contributed by atoms with Gasteiger partial charge in [0.2, 0.25) is 0 Å². The second-order valence-electron chi connectivity index (χ2n) is 6.55. The Morgan fingerprint density at radius 2 is 2.08 bits per heavy atom. The van der Waals surface area contributed by atoms with Gasteiger partial charge in [-0.05, 0) is 31.9 Å². The van der Waals surface area contributed by atoms with E-state index in [9.17, 15) is 4.79 Å². The summed E-state index contributed by atoms with van der Waals surface area (Å²) in [5.74, 6) is 0.0219. The van der Waals surface area contributed by atoms with Crippen LogP contribution in [0.15, 0.2) is 24.5 Å². The number of rotatable bonds is 5. The van der Waals surface area contributed by atoms with Crippen molar-refractivity contribution in [3.63, 3.8) is 0 Å². The Bertz CT molecular complexity index is 650. The molecule has 0 atom stereocenters. The van der Waals surface area contributed by atoms with Gasteiger partial charge in [-0.25, -0.2) is 0 Å². The number of piperidine rings is 1. The average Bonchev–Trinajstić information content (AvgIpc) is 3.22. The number of aromatic nitrogens is 4. The highest BCUT2D eigenvalue weighted by Gasteiger charge is 2.27. The molecule has 0 unspecified atom stereocenters. The van der Waals surface area contributed by atoms with Crippen molar-refractivity contribution in [1.29, 1.82) is 0 Å². The van der Waals surface area contributed by atoms with Crippen molar-refractivity contribution in [1.82, 2.24) is 29.4 Å². The Balaban J connectivity index is 1.49. The summed E-state index contributed by atoms with van der Waals surface area (Å²) in [6, 6.07) is 4.10. The van der Waals surface area contributed by atoms with Crippen LogP contribution in [-0.2, 0) is 13.6 Å². The number of likely N-dealkylation sites (tertiary alicyclic amines) is 1. The van der Waals surface area contributed by atoms with Crippen LogP contribution >= 0.6 is 0 Å². The number of hydrogen-bond acceptors (Lipinski definition) is 4. The van der Waals surface area contributed by atoms with Crippen molar-refractivity contribution in [2.24, 2.45) is 7.05 Å². The number of carbonyl (C=O) groups is 1. The second-order valence-corrected chi connectivity index (χ2v) is 6.55. The fraction of sp³-hybridized carbons (Fsp3) is 0.588. The summed E-state index contributed by atoms with van der Waals surface area (Å²) in [5, 5.41) is 8.54. The van der Waals surface area contributed by atoms with Gasteiger partial charge in [0.25, 0.3) is 5.91 Å². The van der Waals surface area contributed by atoms with Crippen molar-refractivity contribution in [3.05, 3.63) is 35.9 Å². The van der Waals surface area contributed by atoms with E-state index in [4.69, 9.17) is 0 Å². The van der Waals surface area contributed by atoms with E-state index in [1.165, 1.54) is 0 Å². The van der Waals surface area contributed by atoms with Gasteiger partial charge >= 0.3 is 0 Å². The predicted octanol–water partition coefficient (Wildman–Crippen LogP) is 1.16. The molecule has 24 heavy (non-hydrogen) atoms. The highest BCUT2D eigenvalue weighted by Crippen LogP contribution is 2.17. The molecule has 3 rings (SSSR count). The molecule has 0 aliphatic carbocycles. The monoisotopic (exact) mass is 330 g/mol. The fourth-order valence-electron chi connectivity index (χ4n) is 3.22. The molecule has 1 aliphatic heterocycles. The predicted molar refractivity (Wildman–Crippen MR) is 91.7 cm³/mol. The van der Waals surface area contributed by atoms with Gasteiger partial charge in [0, 0.05) is 57.9 Å². The maximum absolute atomic E-state index is 12.6. The first-order chi connectivity index (χ1) is 11.5. The van der Waals surface area contributed by atoms with Crippen LogP contribution in [0.25, 0.3) is 0 Å². The number of amides is 1. The largest absolute Gasteiger partial charge is 0.337 e. The molecule has 0 N–H and O–H groups in total. The Kier molecular flexibility index (Phi) is 4.99. The molecule has 130 valence electrons. The van der Waals surface area contributed by atoms with Gasteiger partial charge in [0.1, 0.15) is 0 Å². The lowest BCUT2D eigenvalue weighted by atomic mass is 10.0. The van der Waals surface area contributed by atoms with Crippen LogP contribution in [0.4, 0.5) is 0 Å². The first-order valence-electron chi connectivity index (χ1n) is 8.52. The fourth-order valence-corrected chi connectivity index (χ4v) is 3.22. The molecule has 2 aromatic heterocycles. The molecule has 1 amide bonds. The lowest BCUT2D eigenvalue weighted by Crippen LogP contribution is -2.46. The van der Waals surface area contributed by atoms with Gasteiger partial charge in [-0.15, -0.1) is 0 Å². The summed E-state index contributed by atoms with van der Waals surface area (Å²) in [6.07, 6.45) is 5.82. The standard InChI is InChI=1S/C17H26N6O/c1-14-13-16(19-21(14)3)17(24)20(2)15-5-9-22(10-6-15)11-12-23-8-4-7-18-23/h4,7-8,13,15H,5-6,9-12H2,1-3H3. The van der Waals surface area contributed by atoms with E-state index in [2.05, 4.69) is 15.1 Å². The summed E-state index contributed by atoms with van der Waals surface area (Å²) >= 11 is 0. The zero-order valence-electron chi connectivity index (χ0n) is 14.7. The maximum atomic E-state index is 12.6. The first-order valence-corrected chi connectivity index (χ1v) is 8.52. The molecule has 0 radical (unpaired) electrons. The van der Waals surface area contributed by atoms with Gasteiger partial charge < -0.3 is 9.80 Å². The molecule has 7 nitrogen and oxygen atoms in total. The molecular weight excluding hydrogens is 304 g/mol. The van der Waals surface area contributed by atoms with E-state index < -0.39 is 0 Å². The number of carbonyl (C=O) groups excluding carboxylic acids is 1. The van der Waals surface area contributed by atoms with Crippen molar-refractivity contribution in [3.8, 4) is 0 Å². The Hall–Kier alpha value is -2.15. The van der Waals surface area contributed by atoms with Gasteiger partial charge in [-0.2, -0.15) is 10.2 Å².